The van der Waals surface area contributed by atoms with Crippen LogP contribution in [0, 0.1) is 0 Å². The van der Waals surface area contributed by atoms with Crippen molar-refractivity contribution < 1.29 is 9.53 Å². The van der Waals surface area contributed by atoms with Crippen molar-refractivity contribution >= 4 is 28.5 Å². The highest BCUT2D eigenvalue weighted by molar-refractivity contribution is 6.30. The molecule has 0 saturated carbocycles. The van der Waals surface area contributed by atoms with Gasteiger partial charge in [0.25, 0.3) is 0 Å². The van der Waals surface area contributed by atoms with Crippen molar-refractivity contribution in [3.63, 3.8) is 0 Å². The molecule has 1 aliphatic rings. The second-order valence-corrected chi connectivity index (χ2v) is 7.13. The van der Waals surface area contributed by atoms with E-state index in [2.05, 4.69) is 0 Å². The summed E-state index contributed by atoms with van der Waals surface area (Å²) in [6.07, 6.45) is 5.20. The normalized spacial score (nSPS) is 13.9. The first kappa shape index (κ1) is 17.0. The second kappa shape index (κ2) is 7.46. The molecule has 1 aliphatic carbocycles. The molecule has 4 rings (SSSR count). The fraction of sp³-hybridized carbons (Fsp3) is 0.273. The Morgan fingerprint density at radius 3 is 2.62 bits per heavy atom. The third kappa shape index (κ3) is 3.45. The minimum atomic E-state index is -0.267. The molecular formula is C22H20ClNO2. The highest BCUT2D eigenvalue weighted by Gasteiger charge is 2.22. The molecule has 132 valence electrons. The van der Waals surface area contributed by atoms with Gasteiger partial charge in [0.2, 0.25) is 0 Å². The summed E-state index contributed by atoms with van der Waals surface area (Å²) in [5.74, 6) is -0.267. The maximum Gasteiger partial charge on any atom is 0.339 e. The monoisotopic (exact) mass is 365 g/mol. The molecule has 0 spiro atoms. The Labute approximate surface area is 158 Å². The van der Waals surface area contributed by atoms with Crippen LogP contribution in [0.15, 0.2) is 48.5 Å². The Kier molecular flexibility index (Phi) is 4.89. The number of para-hydroxylation sites is 1. The van der Waals surface area contributed by atoms with Crippen LogP contribution in [0.2, 0.25) is 5.02 Å². The van der Waals surface area contributed by atoms with Crippen molar-refractivity contribution in [1.82, 2.24) is 4.98 Å². The first-order valence-electron chi connectivity index (χ1n) is 9.04. The Bertz CT molecular complexity index is 950. The average Bonchev–Trinajstić information content (AvgIpc) is 2.90. The van der Waals surface area contributed by atoms with Crippen molar-refractivity contribution in [2.45, 2.75) is 38.7 Å². The average molecular weight is 366 g/mol. The lowest BCUT2D eigenvalue weighted by Crippen LogP contribution is -2.12. The van der Waals surface area contributed by atoms with Gasteiger partial charge in [-0.15, -0.1) is 0 Å². The van der Waals surface area contributed by atoms with E-state index in [1.807, 2.05) is 36.4 Å². The summed E-state index contributed by atoms with van der Waals surface area (Å²) in [6, 6.07) is 15.2. The van der Waals surface area contributed by atoms with Gasteiger partial charge in [-0.05, 0) is 55.0 Å². The Hall–Kier alpha value is -2.39. The fourth-order valence-corrected chi connectivity index (χ4v) is 3.71. The van der Waals surface area contributed by atoms with Gasteiger partial charge in [0, 0.05) is 16.1 Å². The Morgan fingerprint density at radius 1 is 1.00 bits per heavy atom. The van der Waals surface area contributed by atoms with Crippen LogP contribution in [0.3, 0.4) is 0 Å². The molecule has 0 amide bonds. The first-order chi connectivity index (χ1) is 12.7. The van der Waals surface area contributed by atoms with Crippen molar-refractivity contribution in [2.75, 3.05) is 0 Å². The lowest BCUT2D eigenvalue weighted by atomic mass is 9.97. The summed E-state index contributed by atoms with van der Waals surface area (Å²) >= 11 is 5.92. The first-order valence-corrected chi connectivity index (χ1v) is 9.42. The quantitative estimate of drug-likeness (QED) is 0.453. The third-order valence-electron chi connectivity index (χ3n) is 4.91. The number of nitrogens with zero attached hydrogens (tertiary/aromatic N) is 1. The van der Waals surface area contributed by atoms with E-state index in [0.29, 0.717) is 10.6 Å². The zero-order valence-corrected chi connectivity index (χ0v) is 15.3. The number of carbonyl (C=O) groups is 1. The number of hydrogen-bond donors (Lipinski definition) is 0. The Balaban J connectivity index is 1.70. The number of fused-ring (bicyclic) bond motifs is 2. The van der Waals surface area contributed by atoms with Crippen molar-refractivity contribution in [3.05, 3.63) is 75.9 Å². The van der Waals surface area contributed by atoms with Crippen LogP contribution in [0.1, 0.15) is 46.4 Å². The summed E-state index contributed by atoms with van der Waals surface area (Å²) in [5.41, 5.74) is 4.61. The topological polar surface area (TPSA) is 39.2 Å². The third-order valence-corrected chi connectivity index (χ3v) is 5.16. The molecule has 0 atom stereocenters. The summed E-state index contributed by atoms with van der Waals surface area (Å²) < 4.78 is 5.66. The summed E-state index contributed by atoms with van der Waals surface area (Å²) in [7, 11) is 0. The number of carbonyl (C=O) groups excluding carboxylic acids is 1. The standard InChI is InChI=1S/C22H20ClNO2/c23-16-12-10-15(11-13-16)14-26-22(25)21-17-6-2-1-3-8-19(17)24-20-9-5-4-7-18(20)21/h4-5,7,9-13H,1-3,6,8,14H2. The van der Waals surface area contributed by atoms with Gasteiger partial charge in [0.05, 0.1) is 11.1 Å². The molecule has 0 N–H and O–H groups in total. The van der Waals surface area contributed by atoms with E-state index in [-0.39, 0.29) is 12.6 Å². The van der Waals surface area contributed by atoms with E-state index in [0.717, 1.165) is 53.4 Å². The lowest BCUT2D eigenvalue weighted by molar-refractivity contribution is 0.0473. The molecule has 0 fully saturated rings. The van der Waals surface area contributed by atoms with E-state index in [1.54, 1.807) is 12.1 Å². The number of aromatic nitrogens is 1. The summed E-state index contributed by atoms with van der Waals surface area (Å²) in [5, 5.41) is 1.56. The maximum absolute atomic E-state index is 13.0. The summed E-state index contributed by atoms with van der Waals surface area (Å²) in [4.78, 5) is 17.8. The molecule has 1 aromatic heterocycles. The van der Waals surface area contributed by atoms with Crippen molar-refractivity contribution in [1.29, 1.82) is 0 Å². The number of hydrogen-bond acceptors (Lipinski definition) is 3. The molecule has 4 heteroatoms. The SMILES string of the molecule is O=C(OCc1ccc(Cl)cc1)c1c2c(nc3ccccc13)CCCCC2. The van der Waals surface area contributed by atoms with Crippen LogP contribution in [-0.2, 0) is 24.2 Å². The van der Waals surface area contributed by atoms with E-state index < -0.39 is 0 Å². The predicted molar refractivity (Wildman–Crippen MR) is 104 cm³/mol. The Morgan fingerprint density at radius 2 is 1.77 bits per heavy atom. The molecule has 3 aromatic rings. The largest absolute Gasteiger partial charge is 0.457 e. The number of halogens is 1. The highest BCUT2D eigenvalue weighted by Crippen LogP contribution is 2.29. The number of pyridine rings is 1. The minimum absolute atomic E-state index is 0.238. The number of benzene rings is 2. The predicted octanol–water partition coefficient (Wildman–Crippen LogP) is 5.51. The van der Waals surface area contributed by atoms with Crippen LogP contribution in [0.4, 0.5) is 0 Å². The van der Waals surface area contributed by atoms with Gasteiger partial charge in [0.15, 0.2) is 0 Å². The van der Waals surface area contributed by atoms with Gasteiger partial charge in [0.1, 0.15) is 6.61 Å². The molecule has 0 aliphatic heterocycles. The van der Waals surface area contributed by atoms with E-state index in [1.165, 1.54) is 6.42 Å². The number of ether oxygens (including phenoxy) is 1. The molecule has 2 aromatic carbocycles. The van der Waals surface area contributed by atoms with E-state index in [9.17, 15) is 4.79 Å². The van der Waals surface area contributed by atoms with E-state index >= 15 is 0 Å². The molecular weight excluding hydrogens is 346 g/mol. The van der Waals surface area contributed by atoms with Crippen LogP contribution >= 0.6 is 11.6 Å². The molecule has 0 radical (unpaired) electrons. The highest BCUT2D eigenvalue weighted by atomic mass is 35.5. The van der Waals surface area contributed by atoms with Gasteiger partial charge < -0.3 is 4.74 Å². The molecule has 0 saturated heterocycles. The van der Waals surface area contributed by atoms with Gasteiger partial charge in [-0.2, -0.15) is 0 Å². The minimum Gasteiger partial charge on any atom is -0.457 e. The molecule has 1 heterocycles. The van der Waals surface area contributed by atoms with Gasteiger partial charge in [-0.1, -0.05) is 48.4 Å². The van der Waals surface area contributed by atoms with Crippen molar-refractivity contribution in [3.8, 4) is 0 Å². The van der Waals surface area contributed by atoms with Crippen LogP contribution in [-0.4, -0.2) is 11.0 Å². The van der Waals surface area contributed by atoms with Gasteiger partial charge in [-0.25, -0.2) is 4.79 Å². The molecule has 26 heavy (non-hydrogen) atoms. The summed E-state index contributed by atoms with van der Waals surface area (Å²) in [6.45, 7) is 0.238. The number of esters is 1. The zero-order valence-electron chi connectivity index (χ0n) is 14.5. The maximum atomic E-state index is 13.0. The van der Waals surface area contributed by atoms with Crippen LogP contribution < -0.4 is 0 Å². The number of aryl methyl sites for hydroxylation is 1. The van der Waals surface area contributed by atoms with E-state index in [4.69, 9.17) is 21.3 Å². The lowest BCUT2D eigenvalue weighted by Gasteiger charge is -2.15. The van der Waals surface area contributed by atoms with Crippen molar-refractivity contribution in [2.24, 2.45) is 0 Å². The second-order valence-electron chi connectivity index (χ2n) is 6.69. The molecule has 0 bridgehead atoms. The number of rotatable bonds is 3. The van der Waals surface area contributed by atoms with Gasteiger partial charge in [-0.3, -0.25) is 4.98 Å². The van der Waals surface area contributed by atoms with Gasteiger partial charge >= 0.3 is 5.97 Å². The zero-order chi connectivity index (χ0) is 17.9. The fourth-order valence-electron chi connectivity index (χ4n) is 3.58. The molecule has 0 unspecified atom stereocenters. The smallest absolute Gasteiger partial charge is 0.339 e. The molecule has 3 nitrogen and oxygen atoms in total. The van der Waals surface area contributed by atoms with Crippen LogP contribution in [0.25, 0.3) is 10.9 Å². The van der Waals surface area contributed by atoms with Crippen LogP contribution in [0.5, 0.6) is 0 Å².